The third-order valence-electron chi connectivity index (χ3n) is 4.33. The number of hydrogen-bond acceptors (Lipinski definition) is 6. The van der Waals surface area contributed by atoms with Gasteiger partial charge in [-0.2, -0.15) is 0 Å². The van der Waals surface area contributed by atoms with Crippen LogP contribution in [0.4, 0.5) is 5.95 Å². The highest BCUT2D eigenvalue weighted by atomic mass is 32.1. The number of anilines is 1. The molecule has 26 heavy (non-hydrogen) atoms. The monoisotopic (exact) mass is 365 g/mol. The maximum atomic E-state index is 12.4. The number of carbonyl (C=O) groups is 1. The number of rotatable bonds is 4. The molecule has 0 radical (unpaired) electrons. The summed E-state index contributed by atoms with van der Waals surface area (Å²) in [5.41, 5.74) is 2.11. The van der Waals surface area contributed by atoms with Gasteiger partial charge in [-0.15, -0.1) is 11.3 Å². The van der Waals surface area contributed by atoms with Gasteiger partial charge < -0.3 is 10.2 Å². The van der Waals surface area contributed by atoms with Gasteiger partial charge >= 0.3 is 0 Å². The Kier molecular flexibility index (Phi) is 4.88. The van der Waals surface area contributed by atoms with Crippen LogP contribution in [0.2, 0.25) is 0 Å². The number of benzene rings is 1. The lowest BCUT2D eigenvalue weighted by Gasteiger charge is -2.19. The van der Waals surface area contributed by atoms with E-state index in [1.54, 1.807) is 12.4 Å². The molecular formula is C19H19N5OS. The van der Waals surface area contributed by atoms with Crippen LogP contribution in [0.5, 0.6) is 0 Å². The molecule has 0 saturated heterocycles. The Morgan fingerprint density at radius 2 is 1.85 bits per heavy atom. The molecule has 4 rings (SSSR count). The highest BCUT2D eigenvalue weighted by Gasteiger charge is 2.21. The molecule has 0 unspecified atom stereocenters. The second kappa shape index (κ2) is 7.61. The Balaban J connectivity index is 1.40. The third kappa shape index (κ3) is 3.72. The molecule has 0 saturated carbocycles. The van der Waals surface area contributed by atoms with Crippen LogP contribution in [-0.2, 0) is 19.4 Å². The summed E-state index contributed by atoms with van der Waals surface area (Å²) in [6, 6.07) is 11.7. The van der Waals surface area contributed by atoms with Crippen LogP contribution in [0.1, 0.15) is 25.9 Å². The van der Waals surface area contributed by atoms with Crippen molar-refractivity contribution in [2.24, 2.45) is 0 Å². The lowest BCUT2D eigenvalue weighted by molar-refractivity contribution is 0.0950. The second-order valence-corrected chi connectivity index (χ2v) is 7.18. The molecule has 1 aromatic carbocycles. The first-order valence-electron chi connectivity index (χ1n) is 8.62. The number of amides is 1. The summed E-state index contributed by atoms with van der Waals surface area (Å²) in [5.74, 6) is 0.652. The number of fused-ring (bicyclic) bond motifs is 1. The molecular weight excluding hydrogens is 346 g/mol. The maximum Gasteiger partial charge on any atom is 0.280 e. The van der Waals surface area contributed by atoms with Crippen molar-refractivity contribution < 1.29 is 4.79 Å². The van der Waals surface area contributed by atoms with E-state index in [2.05, 4.69) is 25.2 Å². The predicted molar refractivity (Wildman–Crippen MR) is 101 cm³/mol. The molecule has 1 amide bonds. The number of nitrogens with one attached hydrogen (secondary N) is 1. The number of nitrogens with zero attached hydrogens (tertiary/aromatic N) is 4. The van der Waals surface area contributed by atoms with Crippen molar-refractivity contribution in [3.8, 4) is 0 Å². The zero-order valence-electron chi connectivity index (χ0n) is 14.3. The minimum atomic E-state index is -0.102. The second-order valence-electron chi connectivity index (χ2n) is 6.09. The molecule has 1 aliphatic rings. The number of thiazole rings is 1. The average molecular weight is 365 g/mol. The molecule has 0 atom stereocenters. The molecule has 0 spiro atoms. The van der Waals surface area contributed by atoms with Crippen LogP contribution in [-0.4, -0.2) is 33.9 Å². The lowest BCUT2D eigenvalue weighted by Crippen LogP contribution is -2.28. The van der Waals surface area contributed by atoms with Gasteiger partial charge in [0.2, 0.25) is 5.95 Å². The molecule has 7 heteroatoms. The molecule has 2 aromatic heterocycles. The van der Waals surface area contributed by atoms with E-state index in [-0.39, 0.29) is 5.91 Å². The lowest BCUT2D eigenvalue weighted by atomic mass is 10.2. The highest BCUT2D eigenvalue weighted by Crippen LogP contribution is 2.24. The predicted octanol–water partition coefficient (Wildman–Crippen LogP) is 2.47. The molecule has 3 heterocycles. The normalized spacial score (nSPS) is 13.8. The van der Waals surface area contributed by atoms with Crippen molar-refractivity contribution in [3.05, 3.63) is 69.9 Å². The van der Waals surface area contributed by atoms with E-state index in [0.717, 1.165) is 43.1 Å². The van der Waals surface area contributed by atoms with Crippen LogP contribution >= 0.6 is 11.3 Å². The first-order valence-corrected chi connectivity index (χ1v) is 9.44. The van der Waals surface area contributed by atoms with Crippen molar-refractivity contribution in [2.75, 3.05) is 18.0 Å². The highest BCUT2D eigenvalue weighted by molar-refractivity contribution is 7.13. The Hall–Kier alpha value is -2.80. The fraction of sp³-hybridized carbons (Fsp3) is 0.263. The van der Waals surface area contributed by atoms with Gasteiger partial charge in [-0.1, -0.05) is 30.3 Å². The van der Waals surface area contributed by atoms with E-state index in [0.29, 0.717) is 11.6 Å². The minimum absolute atomic E-state index is 0.102. The van der Waals surface area contributed by atoms with Gasteiger partial charge in [-0.3, -0.25) is 4.79 Å². The van der Waals surface area contributed by atoms with Crippen LogP contribution in [0.25, 0.3) is 0 Å². The zero-order chi connectivity index (χ0) is 17.8. The summed E-state index contributed by atoms with van der Waals surface area (Å²) in [6.45, 7) is 2.17. The van der Waals surface area contributed by atoms with Crippen molar-refractivity contribution in [1.29, 1.82) is 0 Å². The average Bonchev–Trinajstić information content (AvgIpc) is 3.01. The van der Waals surface area contributed by atoms with Crippen LogP contribution in [0.15, 0.2) is 48.8 Å². The standard InChI is InChI=1S/C19H19N5OS/c25-17(22-13-14-5-2-1-3-6-14)18-23-15-7-11-24(12-8-16(15)26-18)19-20-9-4-10-21-19/h1-6,9-10H,7-8,11-13H2,(H,22,25). The molecule has 1 N–H and O–H groups in total. The molecule has 0 fully saturated rings. The quantitative estimate of drug-likeness (QED) is 0.769. The Morgan fingerprint density at radius 1 is 1.08 bits per heavy atom. The Morgan fingerprint density at radius 3 is 2.65 bits per heavy atom. The summed E-state index contributed by atoms with van der Waals surface area (Å²) >= 11 is 1.50. The summed E-state index contributed by atoms with van der Waals surface area (Å²) in [6.07, 6.45) is 5.18. The first kappa shape index (κ1) is 16.7. The molecule has 0 bridgehead atoms. The van der Waals surface area contributed by atoms with Crippen molar-refractivity contribution >= 4 is 23.2 Å². The van der Waals surface area contributed by atoms with Crippen LogP contribution in [0, 0.1) is 0 Å². The smallest absolute Gasteiger partial charge is 0.280 e. The largest absolute Gasteiger partial charge is 0.346 e. The van der Waals surface area contributed by atoms with Crippen molar-refractivity contribution in [1.82, 2.24) is 20.3 Å². The van der Waals surface area contributed by atoms with E-state index >= 15 is 0 Å². The summed E-state index contributed by atoms with van der Waals surface area (Å²) in [5, 5.41) is 3.50. The van der Waals surface area contributed by atoms with Crippen molar-refractivity contribution in [3.63, 3.8) is 0 Å². The van der Waals surface area contributed by atoms with Gasteiger partial charge in [-0.05, 0) is 11.6 Å². The molecule has 3 aromatic rings. The van der Waals surface area contributed by atoms with E-state index in [9.17, 15) is 4.79 Å². The molecule has 6 nitrogen and oxygen atoms in total. The van der Waals surface area contributed by atoms with Crippen LogP contribution < -0.4 is 10.2 Å². The van der Waals surface area contributed by atoms with Crippen LogP contribution in [0.3, 0.4) is 0 Å². The summed E-state index contributed by atoms with van der Waals surface area (Å²) in [4.78, 5) is 29.0. The van der Waals surface area contributed by atoms with Gasteiger partial charge in [0.1, 0.15) is 0 Å². The SMILES string of the molecule is O=C(NCc1ccccc1)c1nc2c(s1)CCN(c1ncccn1)CC2. The zero-order valence-corrected chi connectivity index (χ0v) is 15.1. The number of aromatic nitrogens is 3. The summed E-state index contributed by atoms with van der Waals surface area (Å²) in [7, 11) is 0. The van der Waals surface area contributed by atoms with Crippen molar-refractivity contribution in [2.45, 2.75) is 19.4 Å². The van der Waals surface area contributed by atoms with Gasteiger partial charge in [0.05, 0.1) is 5.69 Å². The number of carbonyl (C=O) groups excluding carboxylic acids is 1. The minimum Gasteiger partial charge on any atom is -0.346 e. The van der Waals surface area contributed by atoms with Gasteiger partial charge in [0.15, 0.2) is 5.01 Å². The maximum absolute atomic E-state index is 12.4. The van der Waals surface area contributed by atoms with Gasteiger partial charge in [-0.25, -0.2) is 15.0 Å². The van der Waals surface area contributed by atoms with E-state index in [4.69, 9.17) is 0 Å². The van der Waals surface area contributed by atoms with E-state index < -0.39 is 0 Å². The number of hydrogen-bond donors (Lipinski definition) is 1. The third-order valence-corrected chi connectivity index (χ3v) is 5.49. The Labute approximate surface area is 155 Å². The van der Waals surface area contributed by atoms with E-state index in [1.807, 2.05) is 36.4 Å². The molecule has 132 valence electrons. The summed E-state index contributed by atoms with van der Waals surface area (Å²) < 4.78 is 0. The van der Waals surface area contributed by atoms with Gasteiger partial charge in [0, 0.05) is 49.7 Å². The first-order chi connectivity index (χ1) is 12.8. The van der Waals surface area contributed by atoms with E-state index in [1.165, 1.54) is 16.2 Å². The Bertz CT molecular complexity index is 856. The fourth-order valence-electron chi connectivity index (χ4n) is 2.97. The van der Waals surface area contributed by atoms with Gasteiger partial charge in [0.25, 0.3) is 5.91 Å². The molecule has 0 aliphatic carbocycles. The fourth-order valence-corrected chi connectivity index (χ4v) is 3.98. The topological polar surface area (TPSA) is 71.0 Å². The molecule has 1 aliphatic heterocycles.